The van der Waals surface area contributed by atoms with Crippen LogP contribution < -0.4 is 0 Å². The minimum absolute atomic E-state index is 0.117. The second kappa shape index (κ2) is 5.81. The van der Waals surface area contributed by atoms with Crippen LogP contribution in [-0.4, -0.2) is 24.9 Å². The quantitative estimate of drug-likeness (QED) is 0.467. The molecule has 0 saturated carbocycles. The fraction of sp³-hybridized carbons (Fsp3) is 0.700. The minimum Gasteiger partial charge on any atom is -0.345 e. The molecule has 0 radical (unpaired) electrons. The summed E-state index contributed by atoms with van der Waals surface area (Å²) in [5.74, 6) is 0.117. The monoisotopic (exact) mass is 169 g/mol. The molecule has 0 atom stereocenters. The first-order valence-electron chi connectivity index (χ1n) is 4.48. The van der Waals surface area contributed by atoms with Crippen molar-refractivity contribution in [1.29, 1.82) is 0 Å². The molecule has 0 bridgehead atoms. The number of likely N-dealkylation sites (N-methyl/N-ethyl adjacent to an activating group) is 1. The summed E-state index contributed by atoms with van der Waals surface area (Å²) in [7, 11) is 3.55. The molecular weight excluding hydrogens is 150 g/mol. The molecule has 0 aliphatic rings. The van der Waals surface area contributed by atoms with Gasteiger partial charge in [0.1, 0.15) is 0 Å². The third-order valence-electron chi connectivity index (χ3n) is 1.75. The molecule has 0 saturated heterocycles. The van der Waals surface area contributed by atoms with Crippen molar-refractivity contribution < 1.29 is 4.79 Å². The highest BCUT2D eigenvalue weighted by Crippen LogP contribution is 2.02. The lowest BCUT2D eigenvalue weighted by atomic mass is 10.2. The van der Waals surface area contributed by atoms with Crippen LogP contribution in [0.5, 0.6) is 0 Å². The Morgan fingerprint density at radius 3 is 2.42 bits per heavy atom. The maximum Gasteiger partial charge on any atom is 0.248 e. The van der Waals surface area contributed by atoms with E-state index in [4.69, 9.17) is 0 Å². The lowest BCUT2D eigenvalue weighted by Gasteiger charge is -2.09. The Labute approximate surface area is 75.3 Å². The minimum atomic E-state index is 0.117. The number of hydrogen-bond acceptors (Lipinski definition) is 1. The Morgan fingerprint density at radius 2 is 2.00 bits per heavy atom. The Balaban J connectivity index is 3.91. The zero-order valence-electron chi connectivity index (χ0n) is 8.55. The molecule has 0 aliphatic carbocycles. The first kappa shape index (κ1) is 11.2. The fourth-order valence-electron chi connectivity index (χ4n) is 0.963. The average molecular weight is 169 g/mol. The van der Waals surface area contributed by atoms with Crippen LogP contribution in [0.15, 0.2) is 11.6 Å². The largest absolute Gasteiger partial charge is 0.345 e. The molecule has 2 heteroatoms. The summed E-state index contributed by atoms with van der Waals surface area (Å²) < 4.78 is 0. The zero-order chi connectivity index (χ0) is 9.56. The molecule has 0 fully saturated rings. The predicted octanol–water partition coefficient (Wildman–Crippen LogP) is 2.21. The van der Waals surface area contributed by atoms with Crippen LogP contribution >= 0.6 is 0 Å². The van der Waals surface area contributed by atoms with E-state index in [-0.39, 0.29) is 5.91 Å². The molecule has 0 aromatic carbocycles. The number of carbonyl (C=O) groups excluding carboxylic acids is 1. The summed E-state index contributed by atoms with van der Waals surface area (Å²) in [5, 5.41) is 0. The van der Waals surface area contributed by atoms with Crippen LogP contribution in [0.4, 0.5) is 0 Å². The van der Waals surface area contributed by atoms with Crippen LogP contribution in [0, 0.1) is 0 Å². The van der Waals surface area contributed by atoms with Crippen molar-refractivity contribution >= 4 is 5.91 Å². The van der Waals surface area contributed by atoms with Crippen molar-refractivity contribution in [1.82, 2.24) is 4.90 Å². The molecule has 0 aliphatic heterocycles. The van der Waals surface area contributed by atoms with E-state index in [0.29, 0.717) is 0 Å². The Hall–Kier alpha value is -0.790. The molecule has 0 spiro atoms. The second-order valence-corrected chi connectivity index (χ2v) is 3.23. The van der Waals surface area contributed by atoms with E-state index >= 15 is 0 Å². The average Bonchev–Trinajstić information content (AvgIpc) is 2.03. The van der Waals surface area contributed by atoms with Crippen LogP contribution in [-0.2, 0) is 4.79 Å². The summed E-state index contributed by atoms with van der Waals surface area (Å²) in [4.78, 5) is 12.9. The maximum absolute atomic E-state index is 11.3. The smallest absolute Gasteiger partial charge is 0.248 e. The van der Waals surface area contributed by atoms with Crippen LogP contribution in [0.2, 0.25) is 0 Å². The van der Waals surface area contributed by atoms with Gasteiger partial charge in [-0.3, -0.25) is 4.79 Å². The fourth-order valence-corrected chi connectivity index (χ4v) is 0.963. The summed E-state index contributed by atoms with van der Waals surface area (Å²) >= 11 is 0. The maximum atomic E-state index is 11.3. The molecular formula is C10H19NO. The van der Waals surface area contributed by atoms with Crippen molar-refractivity contribution in [2.45, 2.75) is 33.1 Å². The van der Waals surface area contributed by atoms with Crippen LogP contribution in [0.25, 0.3) is 0 Å². The SMILES string of the molecule is CCCC/C=C(\C)C(=O)N(C)C. The Bertz CT molecular complexity index is 171. The number of rotatable bonds is 4. The van der Waals surface area contributed by atoms with Gasteiger partial charge in [0.25, 0.3) is 0 Å². The molecule has 0 aromatic rings. The van der Waals surface area contributed by atoms with Crippen molar-refractivity contribution in [2.75, 3.05) is 14.1 Å². The normalized spacial score (nSPS) is 11.5. The van der Waals surface area contributed by atoms with Gasteiger partial charge in [0.2, 0.25) is 5.91 Å². The molecule has 2 nitrogen and oxygen atoms in total. The van der Waals surface area contributed by atoms with Crippen LogP contribution in [0.1, 0.15) is 33.1 Å². The molecule has 0 heterocycles. The van der Waals surface area contributed by atoms with E-state index < -0.39 is 0 Å². The third-order valence-corrected chi connectivity index (χ3v) is 1.75. The van der Waals surface area contributed by atoms with Gasteiger partial charge in [0, 0.05) is 19.7 Å². The standard InChI is InChI=1S/C10H19NO/c1-5-6-7-8-9(2)10(12)11(3)4/h8H,5-7H2,1-4H3/b9-8+. The molecule has 70 valence electrons. The number of allylic oxidation sites excluding steroid dienone is 1. The van der Waals surface area contributed by atoms with Crippen molar-refractivity contribution in [3.05, 3.63) is 11.6 Å². The molecule has 1 amide bonds. The first-order chi connectivity index (χ1) is 5.59. The highest BCUT2D eigenvalue weighted by atomic mass is 16.2. The van der Waals surface area contributed by atoms with E-state index in [1.54, 1.807) is 19.0 Å². The molecule has 0 aromatic heterocycles. The lowest BCUT2D eigenvalue weighted by molar-refractivity contribution is -0.124. The predicted molar refractivity (Wildman–Crippen MR) is 52.0 cm³/mol. The van der Waals surface area contributed by atoms with Crippen molar-refractivity contribution in [3.63, 3.8) is 0 Å². The van der Waals surface area contributed by atoms with Gasteiger partial charge < -0.3 is 4.90 Å². The van der Waals surface area contributed by atoms with Gasteiger partial charge in [0.05, 0.1) is 0 Å². The zero-order valence-corrected chi connectivity index (χ0v) is 8.55. The van der Waals surface area contributed by atoms with Crippen LogP contribution in [0.3, 0.4) is 0 Å². The topological polar surface area (TPSA) is 20.3 Å². The number of amides is 1. The highest BCUT2D eigenvalue weighted by Gasteiger charge is 2.04. The Kier molecular flexibility index (Phi) is 5.43. The van der Waals surface area contributed by atoms with Gasteiger partial charge in [-0.2, -0.15) is 0 Å². The van der Waals surface area contributed by atoms with Gasteiger partial charge >= 0.3 is 0 Å². The summed E-state index contributed by atoms with van der Waals surface area (Å²) in [6.07, 6.45) is 5.38. The van der Waals surface area contributed by atoms with Crippen molar-refractivity contribution in [3.8, 4) is 0 Å². The van der Waals surface area contributed by atoms with Gasteiger partial charge in [-0.25, -0.2) is 0 Å². The number of carbonyl (C=O) groups is 1. The molecule has 0 unspecified atom stereocenters. The molecule has 0 N–H and O–H groups in total. The number of unbranched alkanes of at least 4 members (excludes halogenated alkanes) is 2. The lowest BCUT2D eigenvalue weighted by Crippen LogP contribution is -2.22. The van der Waals surface area contributed by atoms with E-state index in [1.807, 2.05) is 13.0 Å². The van der Waals surface area contributed by atoms with Gasteiger partial charge in [-0.05, 0) is 13.3 Å². The van der Waals surface area contributed by atoms with E-state index in [9.17, 15) is 4.79 Å². The first-order valence-corrected chi connectivity index (χ1v) is 4.48. The van der Waals surface area contributed by atoms with Gasteiger partial charge in [-0.1, -0.05) is 25.8 Å². The summed E-state index contributed by atoms with van der Waals surface area (Å²) in [6, 6.07) is 0. The third kappa shape index (κ3) is 4.16. The molecule has 0 rings (SSSR count). The van der Waals surface area contributed by atoms with Gasteiger partial charge in [0.15, 0.2) is 0 Å². The van der Waals surface area contributed by atoms with Crippen molar-refractivity contribution in [2.24, 2.45) is 0 Å². The highest BCUT2D eigenvalue weighted by molar-refractivity contribution is 5.92. The molecule has 12 heavy (non-hydrogen) atoms. The number of nitrogens with zero attached hydrogens (tertiary/aromatic N) is 1. The van der Waals surface area contributed by atoms with Gasteiger partial charge in [-0.15, -0.1) is 0 Å². The summed E-state index contributed by atoms with van der Waals surface area (Å²) in [6.45, 7) is 4.02. The van der Waals surface area contributed by atoms with E-state index in [1.165, 1.54) is 6.42 Å². The van der Waals surface area contributed by atoms with E-state index in [2.05, 4.69) is 6.92 Å². The number of hydrogen-bond donors (Lipinski definition) is 0. The second-order valence-electron chi connectivity index (χ2n) is 3.23. The summed E-state index contributed by atoms with van der Waals surface area (Å²) in [5.41, 5.74) is 0.855. The Morgan fingerprint density at radius 1 is 1.42 bits per heavy atom. The van der Waals surface area contributed by atoms with E-state index in [0.717, 1.165) is 18.4 Å².